The van der Waals surface area contributed by atoms with Gasteiger partial charge in [0.25, 0.3) is 0 Å². The van der Waals surface area contributed by atoms with Crippen molar-refractivity contribution in [2.75, 3.05) is 0 Å². The molecule has 0 amide bonds. The fraction of sp³-hybridized carbons (Fsp3) is 0.375. The largest absolute Gasteiger partial charge is 0.325 e. The van der Waals surface area contributed by atoms with E-state index < -0.39 is 0 Å². The Labute approximate surface area is 113 Å². The average Bonchev–Trinajstić information content (AvgIpc) is 3.03. The maximum atomic E-state index is 4.48. The number of hydrogen-bond acceptors (Lipinski definition) is 2. The van der Waals surface area contributed by atoms with E-state index in [9.17, 15) is 0 Å². The molecular formula is C16H19N3. The Balaban J connectivity index is 2.09. The van der Waals surface area contributed by atoms with Gasteiger partial charge in [-0.1, -0.05) is 38.2 Å². The van der Waals surface area contributed by atoms with Crippen LogP contribution in [-0.4, -0.2) is 14.5 Å². The van der Waals surface area contributed by atoms with Crippen molar-refractivity contribution in [2.45, 2.75) is 38.6 Å². The first kappa shape index (κ1) is 12.2. The van der Waals surface area contributed by atoms with Crippen LogP contribution in [0.2, 0.25) is 0 Å². The van der Waals surface area contributed by atoms with E-state index in [1.807, 2.05) is 6.08 Å². The molecule has 0 spiro atoms. The number of hydrogen-bond donors (Lipinski definition) is 0. The van der Waals surface area contributed by atoms with E-state index in [0.717, 1.165) is 24.2 Å². The van der Waals surface area contributed by atoms with Crippen LogP contribution in [0.5, 0.6) is 0 Å². The third-order valence-corrected chi connectivity index (χ3v) is 3.84. The van der Waals surface area contributed by atoms with Crippen LogP contribution in [0, 0.1) is 0 Å². The molecule has 98 valence electrons. The lowest BCUT2D eigenvalue weighted by Crippen LogP contribution is -2.04. The molecule has 2 heterocycles. The lowest BCUT2D eigenvalue weighted by Gasteiger charge is -2.12. The van der Waals surface area contributed by atoms with E-state index in [2.05, 4.69) is 53.3 Å². The minimum absolute atomic E-state index is 0.403. The van der Waals surface area contributed by atoms with E-state index in [1.54, 1.807) is 6.33 Å². The second-order valence-corrected chi connectivity index (χ2v) is 5.43. The molecule has 1 unspecified atom stereocenters. The zero-order valence-corrected chi connectivity index (χ0v) is 11.5. The Morgan fingerprint density at radius 3 is 2.95 bits per heavy atom. The zero-order chi connectivity index (χ0) is 13.4. The van der Waals surface area contributed by atoms with Crippen molar-refractivity contribution >= 4 is 11.0 Å². The normalized spacial score (nSPS) is 19.1. The topological polar surface area (TPSA) is 30.7 Å². The van der Waals surface area contributed by atoms with Crippen molar-refractivity contribution in [1.29, 1.82) is 0 Å². The van der Waals surface area contributed by atoms with Gasteiger partial charge in [-0.3, -0.25) is 0 Å². The first-order chi connectivity index (χ1) is 9.20. The van der Waals surface area contributed by atoms with Crippen LogP contribution < -0.4 is 0 Å². The first-order valence-electron chi connectivity index (χ1n) is 6.85. The molecule has 0 bridgehead atoms. The minimum atomic E-state index is 0.403. The van der Waals surface area contributed by atoms with Crippen LogP contribution >= 0.6 is 0 Å². The molecule has 0 fully saturated rings. The summed E-state index contributed by atoms with van der Waals surface area (Å²) in [6.45, 7) is 8.20. The summed E-state index contributed by atoms with van der Waals surface area (Å²) in [7, 11) is 0. The molecular weight excluding hydrogens is 234 g/mol. The van der Waals surface area contributed by atoms with Gasteiger partial charge in [-0.25, -0.2) is 9.97 Å². The van der Waals surface area contributed by atoms with Crippen molar-refractivity contribution < 1.29 is 0 Å². The second kappa shape index (κ2) is 4.65. The molecule has 3 rings (SSSR count). The van der Waals surface area contributed by atoms with Crippen molar-refractivity contribution in [3.8, 4) is 0 Å². The van der Waals surface area contributed by atoms with Gasteiger partial charge in [-0.05, 0) is 24.8 Å². The van der Waals surface area contributed by atoms with Crippen LogP contribution in [0.15, 0.2) is 42.9 Å². The Morgan fingerprint density at radius 2 is 2.26 bits per heavy atom. The molecule has 2 aromatic heterocycles. The predicted molar refractivity (Wildman–Crippen MR) is 78.2 cm³/mol. The van der Waals surface area contributed by atoms with Gasteiger partial charge in [-0.15, -0.1) is 0 Å². The van der Waals surface area contributed by atoms with Gasteiger partial charge >= 0.3 is 0 Å². The summed E-state index contributed by atoms with van der Waals surface area (Å²) < 4.78 is 2.26. The molecule has 1 aliphatic rings. The number of aromatic nitrogens is 3. The Hall–Kier alpha value is -1.90. The minimum Gasteiger partial charge on any atom is -0.325 e. The summed E-state index contributed by atoms with van der Waals surface area (Å²) in [5.74, 6) is 0.421. The van der Waals surface area contributed by atoms with Gasteiger partial charge in [0.15, 0.2) is 0 Å². The highest BCUT2D eigenvalue weighted by Crippen LogP contribution is 2.32. The SMILES string of the molecule is C=CC1=CC(n2ccc3c(C(C)C)ncnc32)CC1. The quantitative estimate of drug-likeness (QED) is 0.827. The van der Waals surface area contributed by atoms with Crippen molar-refractivity contribution in [3.63, 3.8) is 0 Å². The number of rotatable bonds is 3. The molecule has 2 aromatic rings. The summed E-state index contributed by atoms with van der Waals surface area (Å²) in [6.07, 6.45) is 10.3. The third kappa shape index (κ3) is 1.99. The molecule has 1 aliphatic carbocycles. The molecule has 19 heavy (non-hydrogen) atoms. The van der Waals surface area contributed by atoms with E-state index in [0.29, 0.717) is 12.0 Å². The molecule has 0 saturated heterocycles. The zero-order valence-electron chi connectivity index (χ0n) is 11.5. The van der Waals surface area contributed by atoms with Crippen LogP contribution in [0.1, 0.15) is 44.3 Å². The lowest BCUT2D eigenvalue weighted by atomic mass is 10.1. The Morgan fingerprint density at radius 1 is 1.42 bits per heavy atom. The summed E-state index contributed by atoms with van der Waals surface area (Å²) in [6, 6.07) is 2.55. The van der Waals surface area contributed by atoms with Gasteiger partial charge in [0.05, 0.1) is 11.7 Å². The van der Waals surface area contributed by atoms with E-state index in [-0.39, 0.29) is 0 Å². The van der Waals surface area contributed by atoms with E-state index in [4.69, 9.17) is 0 Å². The summed E-state index contributed by atoms with van der Waals surface area (Å²) >= 11 is 0. The van der Waals surface area contributed by atoms with Crippen LogP contribution in [0.3, 0.4) is 0 Å². The molecule has 1 atom stereocenters. The van der Waals surface area contributed by atoms with Crippen molar-refractivity contribution in [2.24, 2.45) is 0 Å². The fourth-order valence-corrected chi connectivity index (χ4v) is 2.84. The average molecular weight is 253 g/mol. The van der Waals surface area contributed by atoms with Gasteiger partial charge in [0, 0.05) is 11.6 Å². The molecule has 0 saturated carbocycles. The molecule has 0 aliphatic heterocycles. The van der Waals surface area contributed by atoms with Crippen molar-refractivity contribution in [1.82, 2.24) is 14.5 Å². The van der Waals surface area contributed by atoms with Crippen LogP contribution in [-0.2, 0) is 0 Å². The highest BCUT2D eigenvalue weighted by Gasteiger charge is 2.19. The van der Waals surface area contributed by atoms with E-state index in [1.165, 1.54) is 11.0 Å². The highest BCUT2D eigenvalue weighted by atomic mass is 15.1. The van der Waals surface area contributed by atoms with E-state index >= 15 is 0 Å². The summed E-state index contributed by atoms with van der Waals surface area (Å²) in [5.41, 5.74) is 3.52. The monoisotopic (exact) mass is 253 g/mol. The van der Waals surface area contributed by atoms with Gasteiger partial charge in [0.1, 0.15) is 12.0 Å². The Bertz CT molecular complexity index is 649. The summed E-state index contributed by atoms with van der Waals surface area (Å²) in [4.78, 5) is 8.90. The van der Waals surface area contributed by atoms with Gasteiger partial charge in [-0.2, -0.15) is 0 Å². The predicted octanol–water partition coefficient (Wildman–Crippen LogP) is 4.00. The molecule has 0 aromatic carbocycles. The highest BCUT2D eigenvalue weighted by molar-refractivity contribution is 5.79. The maximum Gasteiger partial charge on any atom is 0.144 e. The maximum absolute atomic E-state index is 4.48. The smallest absolute Gasteiger partial charge is 0.144 e. The second-order valence-electron chi connectivity index (χ2n) is 5.43. The van der Waals surface area contributed by atoms with Crippen molar-refractivity contribution in [3.05, 3.63) is 48.6 Å². The number of fused-ring (bicyclic) bond motifs is 1. The number of nitrogens with zero attached hydrogens (tertiary/aromatic N) is 3. The third-order valence-electron chi connectivity index (χ3n) is 3.84. The fourth-order valence-electron chi connectivity index (χ4n) is 2.84. The summed E-state index contributed by atoms with van der Waals surface area (Å²) in [5, 5.41) is 1.18. The molecule has 3 heteroatoms. The lowest BCUT2D eigenvalue weighted by molar-refractivity contribution is 0.605. The number of allylic oxidation sites excluding steroid dienone is 3. The molecule has 3 nitrogen and oxygen atoms in total. The van der Waals surface area contributed by atoms with Crippen LogP contribution in [0.4, 0.5) is 0 Å². The molecule has 0 N–H and O–H groups in total. The van der Waals surface area contributed by atoms with Crippen LogP contribution in [0.25, 0.3) is 11.0 Å². The Kier molecular flexibility index (Phi) is 2.97. The molecule has 0 radical (unpaired) electrons. The standard InChI is InChI=1S/C16H19N3/c1-4-12-5-6-13(9-12)19-8-7-14-15(11(2)3)17-10-18-16(14)19/h4,7-11,13H,1,5-6H2,2-3H3. The van der Waals surface area contributed by atoms with Gasteiger partial charge in [0.2, 0.25) is 0 Å². The van der Waals surface area contributed by atoms with Gasteiger partial charge < -0.3 is 4.57 Å². The first-order valence-corrected chi connectivity index (χ1v) is 6.85.